The monoisotopic (exact) mass is 214 g/mol. The highest BCUT2D eigenvalue weighted by Crippen LogP contribution is 2.47. The second-order valence-corrected chi connectivity index (χ2v) is 4.14. The van der Waals surface area contributed by atoms with Crippen LogP contribution in [-0.4, -0.2) is 23.8 Å². The van der Waals surface area contributed by atoms with Gasteiger partial charge in [0, 0.05) is 0 Å². The van der Waals surface area contributed by atoms with Crippen molar-refractivity contribution in [2.45, 2.75) is 70.9 Å². The van der Waals surface area contributed by atoms with Crippen molar-refractivity contribution in [2.75, 3.05) is 0 Å². The third kappa shape index (κ3) is 1.72. The topological polar surface area (TPSA) is 35.5 Å². The first-order valence-corrected chi connectivity index (χ1v) is 5.94. The zero-order valence-electron chi connectivity index (χ0n) is 10.2. The highest BCUT2D eigenvalue weighted by Gasteiger charge is 2.56. The zero-order valence-corrected chi connectivity index (χ0v) is 10.2. The Balaban J connectivity index is 3.05. The molecule has 0 atom stereocenters. The molecule has 3 nitrogen and oxygen atoms in total. The first-order chi connectivity index (χ1) is 7.13. The van der Waals surface area contributed by atoms with Gasteiger partial charge in [0.2, 0.25) is 6.29 Å². The van der Waals surface area contributed by atoms with E-state index < -0.39 is 6.29 Å². The smallest absolute Gasteiger partial charge is 0.215 e. The molecule has 0 radical (unpaired) electrons. The number of hydrogen-bond donors (Lipinski definition) is 0. The van der Waals surface area contributed by atoms with Gasteiger partial charge in [0.25, 0.3) is 0 Å². The van der Waals surface area contributed by atoms with E-state index in [2.05, 4.69) is 27.7 Å². The maximum absolute atomic E-state index is 10.8. The van der Waals surface area contributed by atoms with Crippen molar-refractivity contribution in [1.29, 1.82) is 0 Å². The average Bonchev–Trinajstić information content (AvgIpc) is 2.64. The van der Waals surface area contributed by atoms with Crippen molar-refractivity contribution in [3.8, 4) is 0 Å². The lowest BCUT2D eigenvalue weighted by Gasteiger charge is -2.40. The summed E-state index contributed by atoms with van der Waals surface area (Å²) in [4.78, 5) is 10.8. The molecule has 0 aromatic rings. The second kappa shape index (κ2) is 4.62. The van der Waals surface area contributed by atoms with Gasteiger partial charge in [-0.15, -0.1) is 0 Å². The summed E-state index contributed by atoms with van der Waals surface area (Å²) in [6.45, 7) is 8.39. The van der Waals surface area contributed by atoms with Crippen molar-refractivity contribution in [1.82, 2.24) is 0 Å². The molecule has 0 spiro atoms. The van der Waals surface area contributed by atoms with Gasteiger partial charge in [0.1, 0.15) is 11.2 Å². The Morgan fingerprint density at radius 3 is 1.47 bits per heavy atom. The van der Waals surface area contributed by atoms with E-state index >= 15 is 0 Å². The lowest BCUT2D eigenvalue weighted by molar-refractivity contribution is -0.141. The molecule has 1 aliphatic heterocycles. The number of rotatable bonds is 5. The largest absolute Gasteiger partial charge is 0.336 e. The summed E-state index contributed by atoms with van der Waals surface area (Å²) in [5, 5.41) is 0. The van der Waals surface area contributed by atoms with Gasteiger partial charge in [-0.25, -0.2) is 0 Å². The fraction of sp³-hybridized carbons (Fsp3) is 0.917. The molecule has 15 heavy (non-hydrogen) atoms. The standard InChI is InChI=1S/C12H22O3/c1-5-11(6-2)12(7-3,8-4)15-10(9-13)14-11/h9-10H,5-8H2,1-4H3. The van der Waals surface area contributed by atoms with E-state index in [-0.39, 0.29) is 11.2 Å². The van der Waals surface area contributed by atoms with Crippen molar-refractivity contribution in [3.63, 3.8) is 0 Å². The molecule has 1 heterocycles. The fourth-order valence-electron chi connectivity index (χ4n) is 2.86. The van der Waals surface area contributed by atoms with Gasteiger partial charge >= 0.3 is 0 Å². The third-order valence-corrected chi connectivity index (χ3v) is 3.91. The molecule has 1 fully saturated rings. The van der Waals surface area contributed by atoms with Crippen LogP contribution >= 0.6 is 0 Å². The highest BCUT2D eigenvalue weighted by atomic mass is 16.8. The summed E-state index contributed by atoms with van der Waals surface area (Å²) in [6, 6.07) is 0. The molecule has 1 aliphatic rings. The van der Waals surface area contributed by atoms with Crippen molar-refractivity contribution < 1.29 is 14.3 Å². The maximum atomic E-state index is 10.8. The van der Waals surface area contributed by atoms with Gasteiger partial charge in [-0.05, 0) is 25.7 Å². The van der Waals surface area contributed by atoms with Crippen LogP contribution in [0.15, 0.2) is 0 Å². The number of carbonyl (C=O) groups excluding carboxylic acids is 1. The van der Waals surface area contributed by atoms with Crippen molar-refractivity contribution in [2.24, 2.45) is 0 Å². The van der Waals surface area contributed by atoms with E-state index in [4.69, 9.17) is 9.47 Å². The predicted octanol–water partition coefficient (Wildman–Crippen LogP) is 2.68. The number of aldehydes is 1. The van der Waals surface area contributed by atoms with Crippen LogP contribution in [0.3, 0.4) is 0 Å². The molecule has 0 aromatic heterocycles. The highest BCUT2D eigenvalue weighted by molar-refractivity contribution is 5.54. The molecule has 1 rings (SSSR count). The molecule has 3 heteroatoms. The summed E-state index contributed by atoms with van der Waals surface area (Å²) >= 11 is 0. The Morgan fingerprint density at radius 1 is 0.933 bits per heavy atom. The molecule has 0 N–H and O–H groups in total. The van der Waals surface area contributed by atoms with E-state index in [9.17, 15) is 4.79 Å². The summed E-state index contributed by atoms with van der Waals surface area (Å²) in [7, 11) is 0. The molecule has 0 bridgehead atoms. The quantitative estimate of drug-likeness (QED) is 0.660. The number of hydrogen-bond acceptors (Lipinski definition) is 3. The average molecular weight is 214 g/mol. The molecular weight excluding hydrogens is 192 g/mol. The van der Waals surface area contributed by atoms with Crippen LogP contribution in [0.4, 0.5) is 0 Å². The first kappa shape index (κ1) is 12.7. The Labute approximate surface area is 92.1 Å². The minimum absolute atomic E-state index is 0.290. The van der Waals surface area contributed by atoms with Crippen molar-refractivity contribution in [3.05, 3.63) is 0 Å². The van der Waals surface area contributed by atoms with Crippen LogP contribution in [0.5, 0.6) is 0 Å². The minimum Gasteiger partial charge on any atom is -0.336 e. The van der Waals surface area contributed by atoms with E-state index in [0.29, 0.717) is 0 Å². The molecule has 0 saturated carbocycles. The normalized spacial score (nSPS) is 24.3. The van der Waals surface area contributed by atoms with E-state index in [1.807, 2.05) is 0 Å². The number of carbonyl (C=O) groups is 1. The lowest BCUT2D eigenvalue weighted by Crippen LogP contribution is -2.50. The maximum Gasteiger partial charge on any atom is 0.215 e. The van der Waals surface area contributed by atoms with Crippen molar-refractivity contribution >= 4 is 6.29 Å². The van der Waals surface area contributed by atoms with Crippen LogP contribution in [0.2, 0.25) is 0 Å². The zero-order chi connectivity index (χ0) is 11.5. The molecule has 0 aromatic carbocycles. The van der Waals surface area contributed by atoms with Gasteiger partial charge in [0.15, 0.2) is 6.29 Å². The second-order valence-electron chi connectivity index (χ2n) is 4.14. The van der Waals surface area contributed by atoms with E-state index in [1.165, 1.54) is 0 Å². The van der Waals surface area contributed by atoms with Gasteiger partial charge in [0.05, 0.1) is 0 Å². The van der Waals surface area contributed by atoms with E-state index in [1.54, 1.807) is 0 Å². The minimum atomic E-state index is -0.676. The SMILES string of the molecule is CCC1(CC)OC(C=O)OC1(CC)CC. The van der Waals surface area contributed by atoms with E-state index in [0.717, 1.165) is 32.0 Å². The fourth-order valence-corrected chi connectivity index (χ4v) is 2.86. The molecular formula is C12H22O3. The summed E-state index contributed by atoms with van der Waals surface area (Å²) < 4.78 is 11.6. The third-order valence-electron chi connectivity index (χ3n) is 3.91. The lowest BCUT2D eigenvalue weighted by atomic mass is 9.75. The van der Waals surface area contributed by atoms with Gasteiger partial charge in [-0.2, -0.15) is 0 Å². The Morgan fingerprint density at radius 2 is 1.27 bits per heavy atom. The van der Waals surface area contributed by atoms with Crippen LogP contribution < -0.4 is 0 Å². The summed E-state index contributed by atoms with van der Waals surface area (Å²) in [6.07, 6.45) is 3.62. The van der Waals surface area contributed by atoms with Gasteiger partial charge in [-0.1, -0.05) is 27.7 Å². The molecule has 0 amide bonds. The summed E-state index contributed by atoms with van der Waals surface area (Å²) in [5.41, 5.74) is -0.579. The van der Waals surface area contributed by atoms with Crippen LogP contribution in [0, 0.1) is 0 Å². The first-order valence-electron chi connectivity index (χ1n) is 5.94. The summed E-state index contributed by atoms with van der Waals surface area (Å²) in [5.74, 6) is 0. The van der Waals surface area contributed by atoms with Crippen LogP contribution in [-0.2, 0) is 14.3 Å². The molecule has 88 valence electrons. The van der Waals surface area contributed by atoms with Gasteiger partial charge < -0.3 is 9.47 Å². The molecule has 0 unspecified atom stereocenters. The van der Waals surface area contributed by atoms with Gasteiger partial charge in [-0.3, -0.25) is 4.79 Å². The molecule has 1 saturated heterocycles. The van der Waals surface area contributed by atoms with Crippen LogP contribution in [0.1, 0.15) is 53.4 Å². The molecule has 0 aliphatic carbocycles. The Bertz CT molecular complexity index is 197. The number of ether oxygens (including phenoxy) is 2. The predicted molar refractivity (Wildman–Crippen MR) is 58.6 cm³/mol. The van der Waals surface area contributed by atoms with Crippen LogP contribution in [0.25, 0.3) is 0 Å². The Hall–Kier alpha value is -0.410. The Kier molecular flexibility index (Phi) is 3.90.